The monoisotopic (exact) mass is 242 g/mol. The van der Waals surface area contributed by atoms with Crippen molar-refractivity contribution in [3.63, 3.8) is 0 Å². The van der Waals surface area contributed by atoms with Crippen LogP contribution in [0.15, 0.2) is 0 Å². The number of nitrogens with one attached hydrogen (secondary N) is 1. The van der Waals surface area contributed by atoms with E-state index in [2.05, 4.69) is 37.9 Å². The standard InChI is InChI=1S/C15H34N2/c1-5-9-12-17(13-10-6-2)15(8-4)14-16-11-7-3/h15-16H,5-14H2,1-4H3. The van der Waals surface area contributed by atoms with Gasteiger partial charge in [-0.3, -0.25) is 4.90 Å². The molecule has 0 fully saturated rings. The topological polar surface area (TPSA) is 15.3 Å². The Morgan fingerprint density at radius 3 is 1.88 bits per heavy atom. The predicted octanol–water partition coefficient (Wildman–Crippen LogP) is 3.67. The molecule has 2 heteroatoms. The highest BCUT2D eigenvalue weighted by Gasteiger charge is 2.14. The van der Waals surface area contributed by atoms with Crippen LogP contribution in [0, 0.1) is 0 Å². The molecule has 0 aromatic carbocycles. The Balaban J connectivity index is 4.06. The molecule has 104 valence electrons. The smallest absolute Gasteiger partial charge is 0.0218 e. The fourth-order valence-electron chi connectivity index (χ4n) is 2.18. The van der Waals surface area contributed by atoms with Gasteiger partial charge in [0.1, 0.15) is 0 Å². The molecule has 0 amide bonds. The molecule has 0 aliphatic heterocycles. The summed E-state index contributed by atoms with van der Waals surface area (Å²) in [4.78, 5) is 2.70. The van der Waals surface area contributed by atoms with Gasteiger partial charge in [-0.15, -0.1) is 0 Å². The molecule has 0 aliphatic carbocycles. The molecule has 0 aromatic heterocycles. The average molecular weight is 242 g/mol. The quantitative estimate of drug-likeness (QED) is 0.525. The highest BCUT2D eigenvalue weighted by molar-refractivity contribution is 4.73. The van der Waals surface area contributed by atoms with E-state index in [4.69, 9.17) is 0 Å². The van der Waals surface area contributed by atoms with Crippen LogP contribution in [-0.2, 0) is 0 Å². The molecule has 2 nitrogen and oxygen atoms in total. The fourth-order valence-corrected chi connectivity index (χ4v) is 2.18. The van der Waals surface area contributed by atoms with Crippen molar-refractivity contribution in [2.45, 2.75) is 72.3 Å². The van der Waals surface area contributed by atoms with Crippen molar-refractivity contribution in [1.29, 1.82) is 0 Å². The van der Waals surface area contributed by atoms with Crippen molar-refractivity contribution in [2.75, 3.05) is 26.2 Å². The molecule has 1 unspecified atom stereocenters. The number of unbranched alkanes of at least 4 members (excludes halogenated alkanes) is 2. The molecule has 17 heavy (non-hydrogen) atoms. The van der Waals surface area contributed by atoms with Crippen LogP contribution >= 0.6 is 0 Å². The SMILES string of the molecule is CCCCN(CCCC)C(CC)CNCCC. The van der Waals surface area contributed by atoms with E-state index >= 15 is 0 Å². The first kappa shape index (κ1) is 16.9. The molecule has 0 heterocycles. The number of rotatable bonds is 12. The van der Waals surface area contributed by atoms with E-state index in [1.807, 2.05) is 0 Å². The largest absolute Gasteiger partial charge is 0.315 e. The number of hydrogen-bond acceptors (Lipinski definition) is 2. The van der Waals surface area contributed by atoms with Crippen molar-refractivity contribution < 1.29 is 0 Å². The molecule has 0 saturated carbocycles. The maximum atomic E-state index is 3.58. The van der Waals surface area contributed by atoms with Crippen LogP contribution in [0.25, 0.3) is 0 Å². The first-order chi connectivity index (χ1) is 8.29. The van der Waals surface area contributed by atoms with Crippen molar-refractivity contribution >= 4 is 0 Å². The Bertz CT molecular complexity index is 140. The fraction of sp³-hybridized carbons (Fsp3) is 1.00. The average Bonchev–Trinajstić information content (AvgIpc) is 2.36. The number of hydrogen-bond donors (Lipinski definition) is 1. The highest BCUT2D eigenvalue weighted by Crippen LogP contribution is 2.08. The summed E-state index contributed by atoms with van der Waals surface area (Å²) in [7, 11) is 0. The van der Waals surface area contributed by atoms with Gasteiger partial charge >= 0.3 is 0 Å². The van der Waals surface area contributed by atoms with Crippen molar-refractivity contribution in [1.82, 2.24) is 10.2 Å². The molecule has 1 atom stereocenters. The van der Waals surface area contributed by atoms with Gasteiger partial charge in [-0.1, -0.05) is 40.5 Å². The zero-order valence-corrected chi connectivity index (χ0v) is 12.6. The Labute approximate surface area is 109 Å². The minimum Gasteiger partial charge on any atom is -0.315 e. The summed E-state index contributed by atoms with van der Waals surface area (Å²) in [6, 6.07) is 0.736. The second kappa shape index (κ2) is 12.4. The summed E-state index contributed by atoms with van der Waals surface area (Å²) in [6.45, 7) is 14.0. The van der Waals surface area contributed by atoms with E-state index in [-0.39, 0.29) is 0 Å². The summed E-state index contributed by atoms with van der Waals surface area (Å²) in [5.74, 6) is 0. The zero-order chi connectivity index (χ0) is 12.9. The van der Waals surface area contributed by atoms with Gasteiger partial charge in [0.05, 0.1) is 0 Å². The summed E-state index contributed by atoms with van der Waals surface area (Å²) in [5.41, 5.74) is 0. The van der Waals surface area contributed by atoms with Gasteiger partial charge in [-0.05, 0) is 45.3 Å². The van der Waals surface area contributed by atoms with Crippen LogP contribution in [0.4, 0.5) is 0 Å². The van der Waals surface area contributed by atoms with E-state index < -0.39 is 0 Å². The van der Waals surface area contributed by atoms with Crippen LogP contribution < -0.4 is 5.32 Å². The van der Waals surface area contributed by atoms with Gasteiger partial charge in [-0.2, -0.15) is 0 Å². The molecule has 0 rings (SSSR count). The molecule has 0 radical (unpaired) electrons. The lowest BCUT2D eigenvalue weighted by atomic mass is 10.1. The van der Waals surface area contributed by atoms with Gasteiger partial charge in [0, 0.05) is 12.6 Å². The van der Waals surface area contributed by atoms with Crippen LogP contribution in [0.3, 0.4) is 0 Å². The maximum Gasteiger partial charge on any atom is 0.0218 e. The lowest BCUT2D eigenvalue weighted by molar-refractivity contribution is 0.181. The molecule has 0 aliphatic rings. The van der Waals surface area contributed by atoms with Gasteiger partial charge in [-0.25, -0.2) is 0 Å². The highest BCUT2D eigenvalue weighted by atomic mass is 15.2. The third-order valence-electron chi connectivity index (χ3n) is 3.39. The molecule has 0 bridgehead atoms. The molecule has 0 aromatic rings. The summed E-state index contributed by atoms with van der Waals surface area (Å²) < 4.78 is 0. The summed E-state index contributed by atoms with van der Waals surface area (Å²) in [5, 5.41) is 3.58. The Hall–Kier alpha value is -0.0800. The van der Waals surface area contributed by atoms with Crippen LogP contribution in [0.2, 0.25) is 0 Å². The molecule has 1 N–H and O–H groups in total. The third-order valence-corrected chi connectivity index (χ3v) is 3.39. The predicted molar refractivity (Wildman–Crippen MR) is 78.6 cm³/mol. The van der Waals surface area contributed by atoms with Crippen LogP contribution in [-0.4, -0.2) is 37.1 Å². The second-order valence-corrected chi connectivity index (χ2v) is 5.01. The Morgan fingerprint density at radius 2 is 1.47 bits per heavy atom. The van der Waals surface area contributed by atoms with E-state index in [0.29, 0.717) is 0 Å². The number of nitrogens with zero attached hydrogens (tertiary/aromatic N) is 1. The first-order valence-corrected chi connectivity index (χ1v) is 7.74. The minimum absolute atomic E-state index is 0.736. The van der Waals surface area contributed by atoms with E-state index in [0.717, 1.165) is 19.1 Å². The van der Waals surface area contributed by atoms with Crippen LogP contribution in [0.5, 0.6) is 0 Å². The minimum atomic E-state index is 0.736. The van der Waals surface area contributed by atoms with E-state index in [1.165, 1.54) is 51.6 Å². The molecule has 0 saturated heterocycles. The lowest BCUT2D eigenvalue weighted by Crippen LogP contribution is -2.43. The van der Waals surface area contributed by atoms with Crippen molar-refractivity contribution in [2.24, 2.45) is 0 Å². The second-order valence-electron chi connectivity index (χ2n) is 5.01. The van der Waals surface area contributed by atoms with Gasteiger partial charge < -0.3 is 5.32 Å². The first-order valence-electron chi connectivity index (χ1n) is 7.74. The zero-order valence-electron chi connectivity index (χ0n) is 12.6. The third kappa shape index (κ3) is 8.62. The van der Waals surface area contributed by atoms with Crippen molar-refractivity contribution in [3.05, 3.63) is 0 Å². The molecule has 0 spiro atoms. The van der Waals surface area contributed by atoms with Gasteiger partial charge in [0.15, 0.2) is 0 Å². The Kier molecular flexibility index (Phi) is 12.3. The normalized spacial score (nSPS) is 13.2. The lowest BCUT2D eigenvalue weighted by Gasteiger charge is -2.31. The Morgan fingerprint density at radius 1 is 0.882 bits per heavy atom. The molecular weight excluding hydrogens is 208 g/mol. The molecular formula is C15H34N2. The van der Waals surface area contributed by atoms with Crippen LogP contribution in [0.1, 0.15) is 66.2 Å². The maximum absolute atomic E-state index is 3.58. The van der Waals surface area contributed by atoms with E-state index in [1.54, 1.807) is 0 Å². The van der Waals surface area contributed by atoms with E-state index in [9.17, 15) is 0 Å². The summed E-state index contributed by atoms with van der Waals surface area (Å²) in [6.07, 6.45) is 7.80. The van der Waals surface area contributed by atoms with Gasteiger partial charge in [0.25, 0.3) is 0 Å². The summed E-state index contributed by atoms with van der Waals surface area (Å²) >= 11 is 0. The van der Waals surface area contributed by atoms with Gasteiger partial charge in [0.2, 0.25) is 0 Å². The van der Waals surface area contributed by atoms with Crippen molar-refractivity contribution in [3.8, 4) is 0 Å².